The van der Waals surface area contributed by atoms with Crippen LogP contribution < -0.4 is 0 Å². The lowest BCUT2D eigenvalue weighted by atomic mass is 10.3. The van der Waals surface area contributed by atoms with E-state index in [1.165, 1.54) is 0 Å². The van der Waals surface area contributed by atoms with Gasteiger partial charge < -0.3 is 4.74 Å². The average Bonchev–Trinajstić information content (AvgIpc) is 2.64. The monoisotopic (exact) mass is 235 g/mol. The number of rotatable bonds is 2. The molecule has 0 bridgehead atoms. The summed E-state index contributed by atoms with van der Waals surface area (Å²) in [6.07, 6.45) is 1.45. The summed E-state index contributed by atoms with van der Waals surface area (Å²) in [6, 6.07) is 0. The number of halogens is 1. The number of thioether (sulfide) groups is 1. The summed E-state index contributed by atoms with van der Waals surface area (Å²) >= 11 is 9.12. The predicted octanol–water partition coefficient (Wildman–Crippen LogP) is 3.07. The standard InChI is InChI=1S/C8H10ClNOS2/c1-5-6(2-3-11-5)13-8-10-7(9)4-12-8/h4-6H,2-3H2,1H3. The van der Waals surface area contributed by atoms with Gasteiger partial charge in [0.2, 0.25) is 0 Å². The summed E-state index contributed by atoms with van der Waals surface area (Å²) in [5.74, 6) is 0. The Morgan fingerprint density at radius 1 is 1.77 bits per heavy atom. The SMILES string of the molecule is CC1OCCC1Sc1nc(Cl)cs1. The van der Waals surface area contributed by atoms with Gasteiger partial charge in [-0.2, -0.15) is 0 Å². The van der Waals surface area contributed by atoms with Crippen LogP contribution in [0.15, 0.2) is 9.72 Å². The van der Waals surface area contributed by atoms with E-state index >= 15 is 0 Å². The molecule has 0 aliphatic carbocycles. The molecule has 0 aromatic carbocycles. The highest BCUT2D eigenvalue weighted by Gasteiger charge is 2.25. The normalized spacial score (nSPS) is 28.2. The largest absolute Gasteiger partial charge is 0.377 e. The van der Waals surface area contributed by atoms with E-state index in [9.17, 15) is 0 Å². The highest BCUT2D eigenvalue weighted by molar-refractivity contribution is 8.01. The van der Waals surface area contributed by atoms with Crippen molar-refractivity contribution in [2.24, 2.45) is 0 Å². The van der Waals surface area contributed by atoms with Gasteiger partial charge in [-0.15, -0.1) is 11.3 Å². The van der Waals surface area contributed by atoms with Gasteiger partial charge in [0, 0.05) is 17.2 Å². The Morgan fingerprint density at radius 2 is 2.62 bits per heavy atom. The van der Waals surface area contributed by atoms with Crippen molar-refractivity contribution >= 4 is 34.7 Å². The average molecular weight is 236 g/mol. The van der Waals surface area contributed by atoms with Gasteiger partial charge in [0.05, 0.1) is 6.10 Å². The van der Waals surface area contributed by atoms with E-state index < -0.39 is 0 Å². The fourth-order valence-corrected chi connectivity index (χ4v) is 3.64. The molecule has 1 fully saturated rings. The Hall–Kier alpha value is 0.230. The van der Waals surface area contributed by atoms with Gasteiger partial charge in [0.15, 0.2) is 4.34 Å². The van der Waals surface area contributed by atoms with Crippen LogP contribution in [0.25, 0.3) is 0 Å². The predicted molar refractivity (Wildman–Crippen MR) is 56.8 cm³/mol. The zero-order chi connectivity index (χ0) is 9.26. The van der Waals surface area contributed by atoms with E-state index in [1.807, 2.05) is 5.38 Å². The molecule has 1 aliphatic rings. The summed E-state index contributed by atoms with van der Waals surface area (Å²) < 4.78 is 6.52. The van der Waals surface area contributed by atoms with Crippen molar-refractivity contribution < 1.29 is 4.74 Å². The first-order chi connectivity index (χ1) is 6.25. The quantitative estimate of drug-likeness (QED) is 0.787. The molecule has 2 atom stereocenters. The molecule has 0 spiro atoms. The molecule has 2 rings (SSSR count). The van der Waals surface area contributed by atoms with Gasteiger partial charge in [0.25, 0.3) is 0 Å². The Morgan fingerprint density at radius 3 is 3.15 bits per heavy atom. The van der Waals surface area contributed by atoms with Gasteiger partial charge in [-0.3, -0.25) is 0 Å². The molecular formula is C8H10ClNOS2. The highest BCUT2D eigenvalue weighted by atomic mass is 35.5. The summed E-state index contributed by atoms with van der Waals surface area (Å²) in [5, 5.41) is 3.01. The number of aromatic nitrogens is 1. The van der Waals surface area contributed by atoms with Crippen molar-refractivity contribution in [1.29, 1.82) is 0 Å². The van der Waals surface area contributed by atoms with Crippen LogP contribution >= 0.6 is 34.7 Å². The van der Waals surface area contributed by atoms with Crippen LogP contribution in [0, 0.1) is 0 Å². The second kappa shape index (κ2) is 4.17. The van der Waals surface area contributed by atoms with Crippen molar-refractivity contribution in [2.75, 3.05) is 6.61 Å². The molecule has 1 aliphatic heterocycles. The van der Waals surface area contributed by atoms with Crippen LogP contribution in [0.4, 0.5) is 0 Å². The Kier molecular flexibility index (Phi) is 3.14. The Labute approximate surface area is 90.7 Å². The maximum absolute atomic E-state index is 5.74. The smallest absolute Gasteiger partial charge is 0.152 e. The first-order valence-electron chi connectivity index (χ1n) is 4.15. The fraction of sp³-hybridized carbons (Fsp3) is 0.625. The summed E-state index contributed by atoms with van der Waals surface area (Å²) in [5.41, 5.74) is 0. The molecule has 2 heterocycles. The van der Waals surface area contributed by atoms with E-state index in [2.05, 4.69) is 11.9 Å². The van der Waals surface area contributed by atoms with Crippen molar-refractivity contribution in [3.8, 4) is 0 Å². The molecule has 1 aromatic heterocycles. The molecule has 0 saturated carbocycles. The lowest BCUT2D eigenvalue weighted by molar-refractivity contribution is 0.127. The zero-order valence-corrected chi connectivity index (χ0v) is 9.59. The third-order valence-electron chi connectivity index (χ3n) is 2.01. The minimum Gasteiger partial charge on any atom is -0.377 e. The second-order valence-electron chi connectivity index (χ2n) is 2.96. The molecule has 13 heavy (non-hydrogen) atoms. The first kappa shape index (κ1) is 9.77. The number of hydrogen-bond donors (Lipinski definition) is 0. The maximum Gasteiger partial charge on any atom is 0.152 e. The molecule has 2 nitrogen and oxygen atoms in total. The Balaban J connectivity index is 1.97. The highest BCUT2D eigenvalue weighted by Crippen LogP contribution is 2.34. The van der Waals surface area contributed by atoms with Crippen LogP contribution in [-0.4, -0.2) is 22.9 Å². The van der Waals surface area contributed by atoms with Crippen LogP contribution in [0.3, 0.4) is 0 Å². The van der Waals surface area contributed by atoms with Crippen LogP contribution in [-0.2, 0) is 4.74 Å². The molecule has 0 amide bonds. The van der Waals surface area contributed by atoms with Crippen molar-refractivity contribution in [2.45, 2.75) is 29.0 Å². The number of ether oxygens (including phenoxy) is 1. The van der Waals surface area contributed by atoms with Crippen LogP contribution in [0.5, 0.6) is 0 Å². The number of hydrogen-bond acceptors (Lipinski definition) is 4. The lowest BCUT2D eigenvalue weighted by Crippen LogP contribution is -2.12. The maximum atomic E-state index is 5.74. The minimum atomic E-state index is 0.340. The summed E-state index contributed by atoms with van der Waals surface area (Å²) in [6.45, 7) is 2.98. The third kappa shape index (κ3) is 2.37. The van der Waals surface area contributed by atoms with Gasteiger partial charge in [-0.25, -0.2) is 4.98 Å². The van der Waals surface area contributed by atoms with E-state index in [1.54, 1.807) is 23.1 Å². The zero-order valence-electron chi connectivity index (χ0n) is 7.20. The molecule has 1 aromatic rings. The molecule has 5 heteroatoms. The molecule has 2 unspecified atom stereocenters. The van der Waals surface area contributed by atoms with E-state index in [4.69, 9.17) is 16.3 Å². The fourth-order valence-electron chi connectivity index (χ4n) is 1.29. The van der Waals surface area contributed by atoms with Crippen LogP contribution in [0.1, 0.15) is 13.3 Å². The number of thiazole rings is 1. The molecular weight excluding hydrogens is 226 g/mol. The van der Waals surface area contributed by atoms with Crippen molar-refractivity contribution in [3.63, 3.8) is 0 Å². The molecule has 1 saturated heterocycles. The summed E-state index contributed by atoms with van der Waals surface area (Å²) in [7, 11) is 0. The first-order valence-corrected chi connectivity index (χ1v) is 6.29. The minimum absolute atomic E-state index is 0.340. The van der Waals surface area contributed by atoms with E-state index in [0.717, 1.165) is 17.4 Å². The van der Waals surface area contributed by atoms with E-state index in [-0.39, 0.29) is 0 Å². The Bertz CT molecular complexity index is 291. The molecule has 72 valence electrons. The van der Waals surface area contributed by atoms with Crippen LogP contribution in [0.2, 0.25) is 5.15 Å². The topological polar surface area (TPSA) is 22.1 Å². The summed E-state index contributed by atoms with van der Waals surface area (Å²) in [4.78, 5) is 4.20. The second-order valence-corrected chi connectivity index (χ2v) is 5.69. The lowest BCUT2D eigenvalue weighted by Gasteiger charge is -2.10. The number of nitrogens with zero attached hydrogens (tertiary/aromatic N) is 1. The van der Waals surface area contributed by atoms with Gasteiger partial charge in [-0.05, 0) is 13.3 Å². The van der Waals surface area contributed by atoms with Gasteiger partial charge >= 0.3 is 0 Å². The molecule has 0 radical (unpaired) electrons. The van der Waals surface area contributed by atoms with Crippen molar-refractivity contribution in [3.05, 3.63) is 10.5 Å². The van der Waals surface area contributed by atoms with Gasteiger partial charge in [-0.1, -0.05) is 23.4 Å². The van der Waals surface area contributed by atoms with Gasteiger partial charge in [0.1, 0.15) is 5.15 Å². The van der Waals surface area contributed by atoms with Crippen molar-refractivity contribution in [1.82, 2.24) is 4.98 Å². The third-order valence-corrected chi connectivity index (χ3v) is 4.76. The van der Waals surface area contributed by atoms with E-state index in [0.29, 0.717) is 16.5 Å². The molecule has 0 N–H and O–H groups in total.